The topological polar surface area (TPSA) is 43.3 Å². The molecule has 0 saturated carbocycles. The van der Waals surface area contributed by atoms with E-state index in [0.29, 0.717) is 25.3 Å². The minimum atomic E-state index is -0.0380. The van der Waals surface area contributed by atoms with Gasteiger partial charge < -0.3 is 14.6 Å². The second kappa shape index (κ2) is 7.80. The van der Waals surface area contributed by atoms with Crippen molar-refractivity contribution < 1.29 is 9.53 Å². The molecule has 0 spiro atoms. The Kier molecular flexibility index (Phi) is 5.78. The molecule has 118 valence electrons. The fourth-order valence-corrected chi connectivity index (χ4v) is 2.46. The fourth-order valence-electron chi connectivity index (χ4n) is 2.46. The van der Waals surface area contributed by atoms with Gasteiger partial charge in [0.2, 0.25) is 0 Å². The van der Waals surface area contributed by atoms with Crippen LogP contribution in [0.1, 0.15) is 35.1 Å². The molecule has 0 radical (unpaired) electrons. The number of amides is 1. The van der Waals surface area contributed by atoms with E-state index in [1.165, 1.54) is 11.4 Å². The van der Waals surface area contributed by atoms with Gasteiger partial charge in [0.25, 0.3) is 5.91 Å². The third-order valence-electron chi connectivity index (χ3n) is 3.61. The van der Waals surface area contributed by atoms with E-state index in [0.717, 1.165) is 12.1 Å². The van der Waals surface area contributed by atoms with Gasteiger partial charge in [-0.3, -0.25) is 4.79 Å². The number of nitrogens with one attached hydrogen (secondary N) is 1. The first-order valence-corrected chi connectivity index (χ1v) is 7.75. The minimum absolute atomic E-state index is 0.0380. The predicted octanol–water partition coefficient (Wildman–Crippen LogP) is 3.25. The van der Waals surface area contributed by atoms with Crippen LogP contribution in [0.25, 0.3) is 5.69 Å². The zero-order valence-corrected chi connectivity index (χ0v) is 13.6. The highest BCUT2D eigenvalue weighted by atomic mass is 16.5. The van der Waals surface area contributed by atoms with Crippen molar-refractivity contribution in [1.82, 2.24) is 9.88 Å². The highest BCUT2D eigenvalue weighted by Crippen LogP contribution is 2.16. The molecule has 2 rings (SSSR count). The van der Waals surface area contributed by atoms with E-state index in [-0.39, 0.29) is 5.91 Å². The summed E-state index contributed by atoms with van der Waals surface area (Å²) in [6.45, 7) is 8.15. The SMILES string of the molecule is CCOCCCNC(=O)c1ccc(-n2c(C)ccc2C)cc1. The normalized spacial score (nSPS) is 10.7. The van der Waals surface area contributed by atoms with E-state index >= 15 is 0 Å². The van der Waals surface area contributed by atoms with Crippen LogP contribution in [-0.2, 0) is 4.74 Å². The molecular weight excluding hydrogens is 276 g/mol. The molecule has 22 heavy (non-hydrogen) atoms. The third kappa shape index (κ3) is 3.98. The molecule has 0 aliphatic heterocycles. The summed E-state index contributed by atoms with van der Waals surface area (Å²) in [7, 11) is 0. The summed E-state index contributed by atoms with van der Waals surface area (Å²) in [4.78, 5) is 12.1. The molecule has 1 aromatic carbocycles. The maximum atomic E-state index is 12.1. The maximum absolute atomic E-state index is 12.1. The Morgan fingerprint density at radius 1 is 1.09 bits per heavy atom. The lowest BCUT2D eigenvalue weighted by Crippen LogP contribution is -2.25. The van der Waals surface area contributed by atoms with E-state index in [9.17, 15) is 4.79 Å². The van der Waals surface area contributed by atoms with Crippen molar-refractivity contribution in [2.75, 3.05) is 19.8 Å². The van der Waals surface area contributed by atoms with Crippen molar-refractivity contribution in [2.24, 2.45) is 0 Å². The average molecular weight is 300 g/mol. The van der Waals surface area contributed by atoms with E-state index in [1.807, 2.05) is 31.2 Å². The fraction of sp³-hybridized carbons (Fsp3) is 0.389. The van der Waals surface area contributed by atoms with Crippen molar-refractivity contribution in [3.8, 4) is 5.69 Å². The summed E-state index contributed by atoms with van der Waals surface area (Å²) in [5.41, 5.74) is 4.13. The monoisotopic (exact) mass is 300 g/mol. The van der Waals surface area contributed by atoms with Crippen LogP contribution < -0.4 is 5.32 Å². The summed E-state index contributed by atoms with van der Waals surface area (Å²) in [6.07, 6.45) is 0.833. The molecule has 2 aromatic rings. The lowest BCUT2D eigenvalue weighted by molar-refractivity contribution is 0.0944. The molecule has 1 amide bonds. The van der Waals surface area contributed by atoms with Crippen molar-refractivity contribution >= 4 is 5.91 Å². The van der Waals surface area contributed by atoms with Gasteiger partial charge >= 0.3 is 0 Å². The van der Waals surface area contributed by atoms with E-state index in [1.54, 1.807) is 0 Å². The first kappa shape index (κ1) is 16.3. The Morgan fingerprint density at radius 3 is 2.32 bits per heavy atom. The van der Waals surface area contributed by atoms with Crippen LogP contribution in [0.3, 0.4) is 0 Å². The highest BCUT2D eigenvalue weighted by molar-refractivity contribution is 5.94. The molecule has 4 heteroatoms. The zero-order chi connectivity index (χ0) is 15.9. The number of carbonyl (C=O) groups excluding carboxylic acids is 1. The molecule has 0 unspecified atom stereocenters. The van der Waals surface area contributed by atoms with Crippen molar-refractivity contribution in [3.05, 3.63) is 53.3 Å². The number of rotatable bonds is 7. The van der Waals surface area contributed by atoms with Gasteiger partial charge in [-0.25, -0.2) is 0 Å². The van der Waals surface area contributed by atoms with Crippen LogP contribution in [0.4, 0.5) is 0 Å². The lowest BCUT2D eigenvalue weighted by atomic mass is 10.2. The third-order valence-corrected chi connectivity index (χ3v) is 3.61. The summed E-state index contributed by atoms with van der Waals surface area (Å²) in [5.74, 6) is -0.0380. The van der Waals surface area contributed by atoms with Gasteiger partial charge in [0.15, 0.2) is 0 Å². The number of hydrogen-bond donors (Lipinski definition) is 1. The Hall–Kier alpha value is -2.07. The molecule has 4 nitrogen and oxygen atoms in total. The summed E-state index contributed by atoms with van der Waals surface area (Å²) in [5, 5.41) is 2.91. The van der Waals surface area contributed by atoms with Crippen LogP contribution in [0.15, 0.2) is 36.4 Å². The van der Waals surface area contributed by atoms with Crippen molar-refractivity contribution in [1.29, 1.82) is 0 Å². The number of carbonyl (C=O) groups is 1. The van der Waals surface area contributed by atoms with Crippen LogP contribution in [-0.4, -0.2) is 30.2 Å². The number of aromatic nitrogens is 1. The van der Waals surface area contributed by atoms with Crippen LogP contribution in [0.2, 0.25) is 0 Å². The molecule has 0 fully saturated rings. The van der Waals surface area contributed by atoms with Crippen LogP contribution in [0, 0.1) is 13.8 Å². The molecular formula is C18H24N2O2. The number of hydrogen-bond acceptors (Lipinski definition) is 2. The van der Waals surface area contributed by atoms with Crippen molar-refractivity contribution in [3.63, 3.8) is 0 Å². The first-order chi connectivity index (χ1) is 10.6. The standard InChI is InChI=1S/C18H24N2O2/c1-4-22-13-5-12-19-18(21)16-8-10-17(11-9-16)20-14(2)6-7-15(20)3/h6-11H,4-5,12-13H2,1-3H3,(H,19,21). The predicted molar refractivity (Wildman–Crippen MR) is 88.7 cm³/mol. The largest absolute Gasteiger partial charge is 0.382 e. The molecule has 1 heterocycles. The Bertz CT molecular complexity index is 595. The molecule has 0 atom stereocenters. The van der Waals surface area contributed by atoms with Gasteiger partial charge in [0, 0.05) is 42.4 Å². The molecule has 0 aliphatic rings. The van der Waals surface area contributed by atoms with Gasteiger partial charge in [-0.05, 0) is 63.6 Å². The quantitative estimate of drug-likeness (QED) is 0.798. The van der Waals surface area contributed by atoms with Gasteiger partial charge in [0.1, 0.15) is 0 Å². The molecule has 0 bridgehead atoms. The number of benzene rings is 1. The molecule has 1 aromatic heterocycles. The second-order valence-electron chi connectivity index (χ2n) is 5.30. The van der Waals surface area contributed by atoms with Crippen LogP contribution >= 0.6 is 0 Å². The Balaban J connectivity index is 1.96. The highest BCUT2D eigenvalue weighted by Gasteiger charge is 2.07. The minimum Gasteiger partial charge on any atom is -0.382 e. The second-order valence-corrected chi connectivity index (χ2v) is 5.30. The van der Waals surface area contributed by atoms with E-state index < -0.39 is 0 Å². The maximum Gasteiger partial charge on any atom is 0.251 e. The molecule has 1 N–H and O–H groups in total. The van der Waals surface area contributed by atoms with E-state index in [2.05, 4.69) is 35.9 Å². The smallest absolute Gasteiger partial charge is 0.251 e. The number of ether oxygens (including phenoxy) is 1. The first-order valence-electron chi connectivity index (χ1n) is 7.75. The van der Waals surface area contributed by atoms with Crippen LogP contribution in [0.5, 0.6) is 0 Å². The molecule has 0 aliphatic carbocycles. The van der Waals surface area contributed by atoms with Gasteiger partial charge in [-0.1, -0.05) is 0 Å². The average Bonchev–Trinajstić information content (AvgIpc) is 2.86. The zero-order valence-electron chi connectivity index (χ0n) is 13.6. The molecule has 0 saturated heterocycles. The Labute approximate surface area is 132 Å². The van der Waals surface area contributed by atoms with Gasteiger partial charge in [-0.2, -0.15) is 0 Å². The summed E-state index contributed by atoms with van der Waals surface area (Å²) in [6, 6.07) is 11.9. The van der Waals surface area contributed by atoms with Gasteiger partial charge in [0.05, 0.1) is 0 Å². The number of aryl methyl sites for hydroxylation is 2. The van der Waals surface area contributed by atoms with Gasteiger partial charge in [-0.15, -0.1) is 0 Å². The Morgan fingerprint density at radius 2 is 1.73 bits per heavy atom. The summed E-state index contributed by atoms with van der Waals surface area (Å²) < 4.78 is 7.42. The van der Waals surface area contributed by atoms with E-state index in [4.69, 9.17) is 4.74 Å². The lowest BCUT2D eigenvalue weighted by Gasteiger charge is -2.10. The van der Waals surface area contributed by atoms with Crippen molar-refractivity contribution in [2.45, 2.75) is 27.2 Å². The number of nitrogens with zero attached hydrogens (tertiary/aromatic N) is 1. The summed E-state index contributed by atoms with van der Waals surface area (Å²) >= 11 is 0.